The average Bonchev–Trinajstić information content (AvgIpc) is 2.59. The Bertz CT molecular complexity index is 511. The molecule has 0 bridgehead atoms. The molecule has 1 fully saturated rings. The number of aromatic nitrogens is 1. The van der Waals surface area contributed by atoms with Crippen molar-refractivity contribution >= 4 is 11.7 Å². The summed E-state index contributed by atoms with van der Waals surface area (Å²) in [6.07, 6.45) is 7.01. The zero-order valence-electron chi connectivity index (χ0n) is 15.5. The molecule has 3 N–H and O–H groups in total. The molecule has 0 spiro atoms. The van der Waals surface area contributed by atoms with Gasteiger partial charge in [0.25, 0.3) is 0 Å². The fourth-order valence-electron chi connectivity index (χ4n) is 3.15. The smallest absolute Gasteiger partial charge is 0.220 e. The molecule has 25 heavy (non-hydrogen) atoms. The monoisotopic (exact) mass is 348 g/mol. The molecule has 1 aliphatic rings. The Kier molecular flexibility index (Phi) is 8.15. The molecule has 1 saturated heterocycles. The Labute approximate surface area is 151 Å². The summed E-state index contributed by atoms with van der Waals surface area (Å²) in [5.74, 6) is 1.07. The number of hydrogen-bond donors (Lipinski definition) is 2. The maximum atomic E-state index is 11.9. The standard InChI is InChI=1S/C19H32N4O2/c1-15-13-23(14-16(2)25-15)18-9-8-17(11-21-18)12-22-19(24)7-5-3-4-6-10-20/h8-9,11,15-16H,3-7,10,12-14,20H2,1-2H3,(H,22,24). The molecule has 1 aromatic heterocycles. The van der Waals surface area contributed by atoms with Gasteiger partial charge in [0.15, 0.2) is 0 Å². The summed E-state index contributed by atoms with van der Waals surface area (Å²) in [4.78, 5) is 18.7. The largest absolute Gasteiger partial charge is 0.372 e. The summed E-state index contributed by atoms with van der Waals surface area (Å²) in [5, 5.41) is 2.97. The number of ether oxygens (including phenoxy) is 1. The number of pyridine rings is 1. The number of carbonyl (C=O) groups is 1. The topological polar surface area (TPSA) is 80.5 Å². The van der Waals surface area contributed by atoms with E-state index in [1.165, 1.54) is 0 Å². The van der Waals surface area contributed by atoms with Gasteiger partial charge in [-0.1, -0.05) is 18.9 Å². The van der Waals surface area contributed by atoms with Crippen LogP contribution < -0.4 is 16.0 Å². The van der Waals surface area contributed by atoms with Crippen LogP contribution in [0, 0.1) is 0 Å². The fraction of sp³-hybridized carbons (Fsp3) is 0.684. The highest BCUT2D eigenvalue weighted by Gasteiger charge is 2.22. The first-order valence-corrected chi connectivity index (χ1v) is 9.40. The Morgan fingerprint density at radius 3 is 2.60 bits per heavy atom. The van der Waals surface area contributed by atoms with E-state index in [0.717, 1.165) is 56.7 Å². The van der Waals surface area contributed by atoms with Crippen molar-refractivity contribution in [3.8, 4) is 0 Å². The molecule has 1 aromatic rings. The second-order valence-electron chi connectivity index (χ2n) is 6.92. The first-order chi connectivity index (χ1) is 12.1. The summed E-state index contributed by atoms with van der Waals surface area (Å²) >= 11 is 0. The van der Waals surface area contributed by atoms with Crippen LogP contribution in [-0.4, -0.2) is 42.7 Å². The number of morpholine rings is 1. The van der Waals surface area contributed by atoms with Crippen molar-refractivity contribution in [1.82, 2.24) is 10.3 Å². The number of anilines is 1. The van der Waals surface area contributed by atoms with Crippen molar-refractivity contribution in [2.24, 2.45) is 5.73 Å². The minimum absolute atomic E-state index is 0.104. The zero-order chi connectivity index (χ0) is 18.1. The van der Waals surface area contributed by atoms with Crippen molar-refractivity contribution in [3.63, 3.8) is 0 Å². The molecular formula is C19H32N4O2. The van der Waals surface area contributed by atoms with Crippen LogP contribution >= 0.6 is 0 Å². The third-order valence-corrected chi connectivity index (χ3v) is 4.40. The van der Waals surface area contributed by atoms with Gasteiger partial charge in [0.1, 0.15) is 5.82 Å². The van der Waals surface area contributed by atoms with Crippen LogP contribution in [0.3, 0.4) is 0 Å². The van der Waals surface area contributed by atoms with E-state index in [4.69, 9.17) is 10.5 Å². The lowest BCUT2D eigenvalue weighted by Crippen LogP contribution is -2.45. The zero-order valence-corrected chi connectivity index (χ0v) is 15.5. The van der Waals surface area contributed by atoms with E-state index < -0.39 is 0 Å². The van der Waals surface area contributed by atoms with E-state index in [0.29, 0.717) is 13.0 Å². The van der Waals surface area contributed by atoms with Crippen molar-refractivity contribution in [1.29, 1.82) is 0 Å². The normalized spacial score (nSPS) is 20.5. The quantitative estimate of drug-likeness (QED) is 0.669. The number of nitrogens with zero attached hydrogens (tertiary/aromatic N) is 2. The first kappa shape index (κ1) is 19.7. The molecule has 2 atom stereocenters. The molecule has 0 aliphatic carbocycles. The summed E-state index contributed by atoms with van der Waals surface area (Å²) in [6, 6.07) is 4.06. The lowest BCUT2D eigenvalue weighted by Gasteiger charge is -2.36. The summed E-state index contributed by atoms with van der Waals surface area (Å²) < 4.78 is 5.76. The predicted molar refractivity (Wildman–Crippen MR) is 100 cm³/mol. The molecule has 1 amide bonds. The van der Waals surface area contributed by atoms with Crippen molar-refractivity contribution in [2.75, 3.05) is 24.5 Å². The first-order valence-electron chi connectivity index (χ1n) is 9.40. The molecular weight excluding hydrogens is 316 g/mol. The van der Waals surface area contributed by atoms with Crippen LogP contribution in [0.2, 0.25) is 0 Å². The van der Waals surface area contributed by atoms with Crippen LogP contribution in [0.1, 0.15) is 51.5 Å². The van der Waals surface area contributed by atoms with E-state index >= 15 is 0 Å². The van der Waals surface area contributed by atoms with Gasteiger partial charge in [-0.25, -0.2) is 4.98 Å². The number of unbranched alkanes of at least 4 members (excludes halogenated alkanes) is 3. The second kappa shape index (κ2) is 10.4. The highest BCUT2D eigenvalue weighted by atomic mass is 16.5. The highest BCUT2D eigenvalue weighted by Crippen LogP contribution is 2.18. The van der Waals surface area contributed by atoms with Crippen LogP contribution in [0.15, 0.2) is 18.3 Å². The van der Waals surface area contributed by atoms with Crippen molar-refractivity contribution < 1.29 is 9.53 Å². The maximum Gasteiger partial charge on any atom is 0.220 e. The third-order valence-electron chi connectivity index (χ3n) is 4.40. The van der Waals surface area contributed by atoms with E-state index in [9.17, 15) is 4.79 Å². The molecule has 6 heteroatoms. The number of amides is 1. The van der Waals surface area contributed by atoms with Crippen LogP contribution in [0.5, 0.6) is 0 Å². The van der Waals surface area contributed by atoms with Gasteiger partial charge in [0.05, 0.1) is 12.2 Å². The Balaban J connectivity index is 1.72. The van der Waals surface area contributed by atoms with Crippen LogP contribution in [0.4, 0.5) is 5.82 Å². The fourth-order valence-corrected chi connectivity index (χ4v) is 3.15. The lowest BCUT2D eigenvalue weighted by atomic mass is 10.1. The molecule has 0 saturated carbocycles. The van der Waals surface area contributed by atoms with Crippen LogP contribution in [-0.2, 0) is 16.1 Å². The van der Waals surface area contributed by atoms with E-state index in [1.54, 1.807) is 0 Å². The maximum absolute atomic E-state index is 11.9. The van der Waals surface area contributed by atoms with Gasteiger partial charge in [-0.2, -0.15) is 0 Å². The Morgan fingerprint density at radius 2 is 1.96 bits per heavy atom. The summed E-state index contributed by atoms with van der Waals surface area (Å²) in [5.41, 5.74) is 6.48. The van der Waals surface area contributed by atoms with Gasteiger partial charge in [0.2, 0.25) is 5.91 Å². The van der Waals surface area contributed by atoms with Gasteiger partial charge >= 0.3 is 0 Å². The molecule has 2 rings (SSSR count). The second-order valence-corrected chi connectivity index (χ2v) is 6.92. The summed E-state index contributed by atoms with van der Waals surface area (Å²) in [6.45, 7) is 7.16. The number of rotatable bonds is 9. The van der Waals surface area contributed by atoms with Crippen molar-refractivity contribution in [3.05, 3.63) is 23.9 Å². The molecule has 2 heterocycles. The van der Waals surface area contributed by atoms with Crippen LogP contribution in [0.25, 0.3) is 0 Å². The average molecular weight is 348 g/mol. The number of nitrogens with one attached hydrogen (secondary N) is 1. The predicted octanol–water partition coefficient (Wildman–Crippen LogP) is 2.22. The molecule has 0 aromatic carbocycles. The minimum atomic E-state index is 0.104. The van der Waals surface area contributed by atoms with Gasteiger partial charge in [-0.3, -0.25) is 4.79 Å². The molecule has 140 valence electrons. The highest BCUT2D eigenvalue weighted by molar-refractivity contribution is 5.75. The minimum Gasteiger partial charge on any atom is -0.372 e. The van der Waals surface area contributed by atoms with E-state index in [-0.39, 0.29) is 18.1 Å². The number of hydrogen-bond acceptors (Lipinski definition) is 5. The Morgan fingerprint density at radius 1 is 1.24 bits per heavy atom. The lowest BCUT2D eigenvalue weighted by molar-refractivity contribution is -0.121. The van der Waals surface area contributed by atoms with E-state index in [1.807, 2.05) is 18.3 Å². The molecule has 0 radical (unpaired) electrons. The van der Waals surface area contributed by atoms with E-state index in [2.05, 4.69) is 29.0 Å². The van der Waals surface area contributed by atoms with Gasteiger partial charge in [-0.05, 0) is 44.9 Å². The molecule has 2 unspecified atom stereocenters. The molecule has 6 nitrogen and oxygen atoms in total. The van der Waals surface area contributed by atoms with Crippen molar-refractivity contribution in [2.45, 2.75) is 64.7 Å². The van der Waals surface area contributed by atoms with Gasteiger partial charge in [-0.15, -0.1) is 0 Å². The summed E-state index contributed by atoms with van der Waals surface area (Å²) in [7, 11) is 0. The Hall–Kier alpha value is -1.66. The van der Waals surface area contributed by atoms with Gasteiger partial charge < -0.3 is 20.7 Å². The number of nitrogens with two attached hydrogens (primary N) is 1. The SMILES string of the molecule is CC1CN(c2ccc(CNC(=O)CCCCCCN)cn2)CC(C)O1. The number of carbonyl (C=O) groups excluding carboxylic acids is 1. The molecule has 1 aliphatic heterocycles. The third kappa shape index (κ3) is 7.00. The van der Waals surface area contributed by atoms with Gasteiger partial charge in [0, 0.05) is 32.3 Å².